The Morgan fingerprint density at radius 2 is 2.14 bits per heavy atom. The van der Waals surface area contributed by atoms with Crippen LogP contribution >= 0.6 is 0 Å². The van der Waals surface area contributed by atoms with E-state index in [9.17, 15) is 0 Å². The van der Waals surface area contributed by atoms with Gasteiger partial charge in [-0.15, -0.1) is 0 Å². The number of ether oxygens (including phenoxy) is 2. The minimum Gasteiger partial charge on any atom is -0.378 e. The molecule has 2 rings (SSSR count). The van der Waals surface area contributed by atoms with Crippen molar-refractivity contribution in [2.75, 3.05) is 19.8 Å². The van der Waals surface area contributed by atoms with E-state index in [4.69, 9.17) is 9.47 Å². The summed E-state index contributed by atoms with van der Waals surface area (Å²) in [5.74, 6) is 0.786. The maximum Gasteiger partial charge on any atom is 0.0837 e. The molecule has 0 aromatic rings. The van der Waals surface area contributed by atoms with E-state index in [-0.39, 0.29) is 5.60 Å². The fraction of sp³-hybridized carbons (Fsp3) is 1.00. The van der Waals surface area contributed by atoms with Crippen LogP contribution in [0.25, 0.3) is 0 Å². The molecular weight excluding hydrogens is 262 g/mol. The van der Waals surface area contributed by atoms with Gasteiger partial charge >= 0.3 is 0 Å². The van der Waals surface area contributed by atoms with Gasteiger partial charge in [-0.2, -0.15) is 0 Å². The minimum absolute atomic E-state index is 0.0566. The maximum absolute atomic E-state index is 6.37. The second-order valence-corrected chi connectivity index (χ2v) is 7.02. The van der Waals surface area contributed by atoms with Crippen molar-refractivity contribution >= 4 is 0 Å². The first-order valence-corrected chi connectivity index (χ1v) is 9.19. The molecule has 124 valence electrons. The molecule has 1 aliphatic heterocycles. The van der Waals surface area contributed by atoms with E-state index in [0.29, 0.717) is 12.1 Å². The Morgan fingerprint density at radius 3 is 2.76 bits per heavy atom. The van der Waals surface area contributed by atoms with E-state index < -0.39 is 0 Å². The molecule has 4 unspecified atom stereocenters. The van der Waals surface area contributed by atoms with Gasteiger partial charge in [0.25, 0.3) is 0 Å². The van der Waals surface area contributed by atoms with Crippen molar-refractivity contribution in [1.82, 2.24) is 5.32 Å². The fourth-order valence-corrected chi connectivity index (χ4v) is 4.40. The SMILES string of the molecule is CCNC(CCC1CCCO1)C1(OCC)CCCC(C)C1. The number of likely N-dealkylation sites (N-methyl/N-ethyl adjacent to an activating group) is 1. The first-order valence-electron chi connectivity index (χ1n) is 9.19. The zero-order chi connectivity index (χ0) is 15.1. The zero-order valence-electron chi connectivity index (χ0n) is 14.3. The summed E-state index contributed by atoms with van der Waals surface area (Å²) in [6.07, 6.45) is 10.4. The van der Waals surface area contributed by atoms with Gasteiger partial charge in [0.2, 0.25) is 0 Å². The van der Waals surface area contributed by atoms with E-state index in [1.54, 1.807) is 0 Å². The van der Waals surface area contributed by atoms with Crippen LogP contribution in [0.5, 0.6) is 0 Å². The lowest BCUT2D eigenvalue weighted by Gasteiger charge is -2.46. The highest BCUT2D eigenvalue weighted by Crippen LogP contribution is 2.39. The third-order valence-corrected chi connectivity index (χ3v) is 5.31. The minimum atomic E-state index is 0.0566. The van der Waals surface area contributed by atoms with Crippen molar-refractivity contribution in [3.05, 3.63) is 0 Å². The molecule has 0 aromatic carbocycles. The van der Waals surface area contributed by atoms with Crippen molar-refractivity contribution in [1.29, 1.82) is 0 Å². The Morgan fingerprint density at radius 1 is 1.29 bits per heavy atom. The highest BCUT2D eigenvalue weighted by atomic mass is 16.5. The molecule has 3 heteroatoms. The molecule has 1 saturated heterocycles. The monoisotopic (exact) mass is 297 g/mol. The van der Waals surface area contributed by atoms with Crippen LogP contribution in [0.4, 0.5) is 0 Å². The first-order chi connectivity index (χ1) is 10.2. The van der Waals surface area contributed by atoms with E-state index in [1.165, 1.54) is 51.4 Å². The van der Waals surface area contributed by atoms with E-state index in [0.717, 1.165) is 25.7 Å². The molecule has 0 spiro atoms. The number of rotatable bonds is 8. The van der Waals surface area contributed by atoms with Gasteiger partial charge in [-0.05, 0) is 57.9 Å². The van der Waals surface area contributed by atoms with Gasteiger partial charge in [0.05, 0.1) is 11.7 Å². The molecular formula is C18H35NO2. The standard InChI is InChI=1S/C18H35NO2/c1-4-19-17(11-10-16-9-7-13-20-16)18(21-5-2)12-6-8-15(3)14-18/h15-17,19H,4-14H2,1-3H3. The average molecular weight is 297 g/mol. The number of hydrogen-bond donors (Lipinski definition) is 1. The van der Waals surface area contributed by atoms with Gasteiger partial charge < -0.3 is 14.8 Å². The lowest BCUT2D eigenvalue weighted by molar-refractivity contribution is -0.103. The summed E-state index contributed by atoms with van der Waals surface area (Å²) in [5.41, 5.74) is 0.0566. The summed E-state index contributed by atoms with van der Waals surface area (Å²) >= 11 is 0. The first kappa shape index (κ1) is 17.2. The maximum atomic E-state index is 6.37. The molecule has 0 amide bonds. The predicted molar refractivity (Wildman–Crippen MR) is 87.7 cm³/mol. The van der Waals surface area contributed by atoms with Crippen LogP contribution in [0.15, 0.2) is 0 Å². The van der Waals surface area contributed by atoms with E-state index in [1.807, 2.05) is 0 Å². The Balaban J connectivity index is 1.99. The lowest BCUT2D eigenvalue weighted by Crippen LogP contribution is -2.55. The summed E-state index contributed by atoms with van der Waals surface area (Å²) in [5, 5.41) is 3.74. The van der Waals surface area contributed by atoms with Crippen molar-refractivity contribution in [3.8, 4) is 0 Å². The predicted octanol–water partition coefficient (Wildman–Crippen LogP) is 3.91. The smallest absolute Gasteiger partial charge is 0.0837 e. The van der Waals surface area contributed by atoms with E-state index in [2.05, 4.69) is 26.1 Å². The van der Waals surface area contributed by atoms with Crippen LogP contribution in [0.1, 0.15) is 72.1 Å². The fourth-order valence-electron chi connectivity index (χ4n) is 4.40. The Labute approximate surface area is 131 Å². The Hall–Kier alpha value is -0.120. The molecule has 1 aliphatic carbocycles. The molecule has 21 heavy (non-hydrogen) atoms. The molecule has 0 radical (unpaired) electrons. The van der Waals surface area contributed by atoms with Gasteiger partial charge in [0, 0.05) is 19.3 Å². The van der Waals surface area contributed by atoms with Crippen LogP contribution in [0.2, 0.25) is 0 Å². The van der Waals surface area contributed by atoms with Gasteiger partial charge in [-0.25, -0.2) is 0 Å². The van der Waals surface area contributed by atoms with Gasteiger partial charge in [-0.3, -0.25) is 0 Å². The van der Waals surface area contributed by atoms with E-state index >= 15 is 0 Å². The van der Waals surface area contributed by atoms with Crippen molar-refractivity contribution in [3.63, 3.8) is 0 Å². The zero-order valence-corrected chi connectivity index (χ0v) is 14.3. The molecule has 4 atom stereocenters. The Kier molecular flexibility index (Phi) is 6.97. The largest absolute Gasteiger partial charge is 0.378 e. The van der Waals surface area contributed by atoms with Crippen LogP contribution in [-0.2, 0) is 9.47 Å². The summed E-state index contributed by atoms with van der Waals surface area (Å²) in [6.45, 7) is 9.56. The van der Waals surface area contributed by atoms with Gasteiger partial charge in [-0.1, -0.05) is 26.7 Å². The topological polar surface area (TPSA) is 30.5 Å². The summed E-state index contributed by atoms with van der Waals surface area (Å²) in [4.78, 5) is 0. The number of nitrogens with one attached hydrogen (secondary N) is 1. The molecule has 1 saturated carbocycles. The Bertz CT molecular complexity index is 287. The van der Waals surface area contributed by atoms with Gasteiger partial charge in [0.15, 0.2) is 0 Å². The van der Waals surface area contributed by atoms with Crippen molar-refractivity contribution in [2.45, 2.75) is 89.9 Å². The summed E-state index contributed by atoms with van der Waals surface area (Å²) in [7, 11) is 0. The molecule has 1 heterocycles. The molecule has 2 aliphatic rings. The number of hydrogen-bond acceptors (Lipinski definition) is 3. The highest BCUT2D eigenvalue weighted by molar-refractivity contribution is 4.97. The molecule has 0 aromatic heterocycles. The second kappa shape index (κ2) is 8.50. The van der Waals surface area contributed by atoms with Crippen LogP contribution < -0.4 is 5.32 Å². The highest BCUT2D eigenvalue weighted by Gasteiger charge is 2.42. The third kappa shape index (κ3) is 4.67. The van der Waals surface area contributed by atoms with Gasteiger partial charge in [0.1, 0.15) is 0 Å². The summed E-state index contributed by atoms with van der Waals surface area (Å²) in [6, 6.07) is 0.481. The second-order valence-electron chi connectivity index (χ2n) is 7.02. The molecule has 0 bridgehead atoms. The molecule has 2 fully saturated rings. The lowest BCUT2D eigenvalue weighted by atomic mass is 9.73. The van der Waals surface area contributed by atoms with Crippen molar-refractivity contribution < 1.29 is 9.47 Å². The quantitative estimate of drug-likeness (QED) is 0.737. The van der Waals surface area contributed by atoms with Crippen LogP contribution in [-0.4, -0.2) is 37.5 Å². The van der Waals surface area contributed by atoms with Crippen LogP contribution in [0, 0.1) is 5.92 Å². The summed E-state index contributed by atoms with van der Waals surface area (Å²) < 4.78 is 12.2. The van der Waals surface area contributed by atoms with Crippen LogP contribution in [0.3, 0.4) is 0 Å². The molecule has 1 N–H and O–H groups in total. The molecule has 3 nitrogen and oxygen atoms in total. The normalized spacial score (nSPS) is 35.0. The third-order valence-electron chi connectivity index (χ3n) is 5.31. The van der Waals surface area contributed by atoms with Crippen molar-refractivity contribution in [2.24, 2.45) is 5.92 Å². The average Bonchev–Trinajstić information content (AvgIpc) is 2.97.